The summed E-state index contributed by atoms with van der Waals surface area (Å²) in [4.78, 5) is 12.5. The monoisotopic (exact) mass is 441 g/mol. The standard InChI is InChI=1S/C21H23N5O4S/c1-16-21(17(2)25(22-16)18-7-4-3-5-8-18)23-11-13-24(14-12-23)31(29,30)20-10-6-9-19(15-20)26(27)28/h3-10,15H,11-14H2,1-2H3. The molecule has 0 amide bonds. The van der Waals surface area contributed by atoms with Gasteiger partial charge in [-0.1, -0.05) is 24.3 Å². The van der Waals surface area contributed by atoms with Crippen LogP contribution in [0.3, 0.4) is 0 Å². The third-order valence-electron chi connectivity index (χ3n) is 5.47. The molecule has 0 bridgehead atoms. The maximum absolute atomic E-state index is 13.0. The second-order valence-corrected chi connectivity index (χ2v) is 9.35. The summed E-state index contributed by atoms with van der Waals surface area (Å²) in [6.45, 7) is 5.57. The minimum absolute atomic E-state index is 0.0561. The quantitative estimate of drug-likeness (QED) is 0.446. The fourth-order valence-electron chi connectivity index (χ4n) is 3.97. The van der Waals surface area contributed by atoms with Crippen LogP contribution in [0.25, 0.3) is 5.69 Å². The van der Waals surface area contributed by atoms with E-state index in [-0.39, 0.29) is 10.6 Å². The van der Waals surface area contributed by atoms with Crippen molar-refractivity contribution in [1.29, 1.82) is 0 Å². The highest BCUT2D eigenvalue weighted by atomic mass is 32.2. The zero-order chi connectivity index (χ0) is 22.2. The van der Waals surface area contributed by atoms with Gasteiger partial charge in [-0.3, -0.25) is 10.1 Å². The molecule has 31 heavy (non-hydrogen) atoms. The summed E-state index contributed by atoms with van der Waals surface area (Å²) >= 11 is 0. The van der Waals surface area contributed by atoms with E-state index in [4.69, 9.17) is 0 Å². The van der Waals surface area contributed by atoms with Crippen LogP contribution in [0.1, 0.15) is 11.4 Å². The van der Waals surface area contributed by atoms with E-state index in [0.717, 1.165) is 28.8 Å². The summed E-state index contributed by atoms with van der Waals surface area (Å²) in [5.41, 5.74) is 3.63. The topological polar surface area (TPSA) is 102 Å². The second-order valence-electron chi connectivity index (χ2n) is 7.41. The lowest BCUT2D eigenvalue weighted by Crippen LogP contribution is -2.49. The summed E-state index contributed by atoms with van der Waals surface area (Å²) in [5, 5.41) is 15.7. The Balaban J connectivity index is 1.54. The number of hydrogen-bond acceptors (Lipinski definition) is 6. The number of aryl methyl sites for hydroxylation is 1. The molecule has 9 nitrogen and oxygen atoms in total. The van der Waals surface area contributed by atoms with E-state index < -0.39 is 14.9 Å². The summed E-state index contributed by atoms with van der Waals surface area (Å²) in [5.74, 6) is 0. The average Bonchev–Trinajstić information content (AvgIpc) is 3.08. The van der Waals surface area contributed by atoms with Gasteiger partial charge < -0.3 is 4.90 Å². The summed E-state index contributed by atoms with van der Waals surface area (Å²) in [6.07, 6.45) is 0. The molecule has 1 aromatic heterocycles. The molecule has 0 aliphatic carbocycles. The van der Waals surface area contributed by atoms with Gasteiger partial charge in [0.25, 0.3) is 5.69 Å². The van der Waals surface area contributed by atoms with Gasteiger partial charge in [-0.05, 0) is 32.0 Å². The summed E-state index contributed by atoms with van der Waals surface area (Å²) in [7, 11) is -3.80. The molecule has 3 aromatic rings. The molecule has 0 spiro atoms. The van der Waals surface area contributed by atoms with Crippen molar-refractivity contribution in [2.24, 2.45) is 0 Å². The number of hydrogen-bond donors (Lipinski definition) is 0. The first-order chi connectivity index (χ1) is 14.8. The van der Waals surface area contributed by atoms with E-state index in [9.17, 15) is 18.5 Å². The molecule has 1 aliphatic rings. The molecule has 10 heteroatoms. The fourth-order valence-corrected chi connectivity index (χ4v) is 5.43. The number of nitro benzene ring substituents is 1. The highest BCUT2D eigenvalue weighted by Gasteiger charge is 2.31. The van der Waals surface area contributed by atoms with Gasteiger partial charge in [0.2, 0.25) is 10.0 Å². The van der Waals surface area contributed by atoms with Crippen LogP contribution in [0, 0.1) is 24.0 Å². The third-order valence-corrected chi connectivity index (χ3v) is 7.37. The lowest BCUT2D eigenvalue weighted by Gasteiger charge is -2.35. The van der Waals surface area contributed by atoms with Gasteiger partial charge in [-0.15, -0.1) is 0 Å². The van der Waals surface area contributed by atoms with Gasteiger partial charge in [0.1, 0.15) is 0 Å². The van der Waals surface area contributed by atoms with Crippen molar-refractivity contribution in [3.63, 3.8) is 0 Å². The third kappa shape index (κ3) is 3.91. The van der Waals surface area contributed by atoms with Crippen molar-refractivity contribution in [1.82, 2.24) is 14.1 Å². The predicted molar refractivity (Wildman–Crippen MR) is 117 cm³/mol. The first-order valence-electron chi connectivity index (χ1n) is 9.90. The molecule has 0 N–H and O–H groups in total. The Morgan fingerprint density at radius 2 is 1.65 bits per heavy atom. The highest BCUT2D eigenvalue weighted by molar-refractivity contribution is 7.89. The Morgan fingerprint density at radius 1 is 0.968 bits per heavy atom. The van der Waals surface area contributed by atoms with Crippen LogP contribution >= 0.6 is 0 Å². The average molecular weight is 442 g/mol. The van der Waals surface area contributed by atoms with Crippen LogP contribution < -0.4 is 4.90 Å². The van der Waals surface area contributed by atoms with Gasteiger partial charge in [0.05, 0.1) is 32.6 Å². The summed E-state index contributed by atoms with van der Waals surface area (Å²) < 4.78 is 29.3. The number of benzene rings is 2. The van der Waals surface area contributed by atoms with E-state index in [1.165, 1.54) is 22.5 Å². The number of aromatic nitrogens is 2. The number of rotatable bonds is 5. The number of nitro groups is 1. The second kappa shape index (κ2) is 8.12. The zero-order valence-electron chi connectivity index (χ0n) is 17.3. The van der Waals surface area contributed by atoms with Crippen LogP contribution in [0.5, 0.6) is 0 Å². The van der Waals surface area contributed by atoms with Gasteiger partial charge in [-0.25, -0.2) is 13.1 Å². The molecule has 1 saturated heterocycles. The number of sulfonamides is 1. The SMILES string of the molecule is Cc1nn(-c2ccccc2)c(C)c1N1CCN(S(=O)(=O)c2cccc([N+](=O)[O-])c2)CC1. The van der Waals surface area contributed by atoms with Crippen molar-refractivity contribution in [3.05, 3.63) is 76.1 Å². The number of non-ortho nitro benzene ring substituents is 1. The van der Waals surface area contributed by atoms with Crippen LogP contribution in [0.15, 0.2) is 59.5 Å². The van der Waals surface area contributed by atoms with E-state index in [1.807, 2.05) is 48.9 Å². The molecule has 0 atom stereocenters. The highest BCUT2D eigenvalue weighted by Crippen LogP contribution is 2.29. The van der Waals surface area contributed by atoms with E-state index in [0.29, 0.717) is 26.2 Å². The minimum Gasteiger partial charge on any atom is -0.366 e. The normalized spacial score (nSPS) is 15.2. The molecule has 0 saturated carbocycles. The molecule has 4 rings (SSSR count). The van der Waals surface area contributed by atoms with Crippen LogP contribution in [0.2, 0.25) is 0 Å². The van der Waals surface area contributed by atoms with Crippen molar-refractivity contribution in [2.45, 2.75) is 18.7 Å². The van der Waals surface area contributed by atoms with Gasteiger partial charge in [-0.2, -0.15) is 9.40 Å². The lowest BCUT2D eigenvalue weighted by molar-refractivity contribution is -0.385. The van der Waals surface area contributed by atoms with E-state index in [2.05, 4.69) is 10.00 Å². The first kappa shape index (κ1) is 21.0. The Bertz CT molecular complexity index is 1220. The van der Waals surface area contributed by atoms with Gasteiger partial charge in [0.15, 0.2) is 0 Å². The number of anilines is 1. The van der Waals surface area contributed by atoms with Crippen LogP contribution in [0.4, 0.5) is 11.4 Å². The molecule has 0 radical (unpaired) electrons. The number of piperazine rings is 1. The molecule has 2 heterocycles. The Labute approximate surface area is 180 Å². The van der Waals surface area contributed by atoms with Gasteiger partial charge >= 0.3 is 0 Å². The molecule has 162 valence electrons. The van der Waals surface area contributed by atoms with Crippen molar-refractivity contribution < 1.29 is 13.3 Å². The van der Waals surface area contributed by atoms with E-state index in [1.54, 1.807) is 0 Å². The predicted octanol–water partition coefficient (Wildman–Crippen LogP) is 2.91. The molecule has 1 fully saturated rings. The number of nitrogens with zero attached hydrogens (tertiary/aromatic N) is 5. The van der Waals surface area contributed by atoms with Crippen LogP contribution in [-0.4, -0.2) is 53.6 Å². The maximum atomic E-state index is 13.0. The Morgan fingerprint density at radius 3 is 2.29 bits per heavy atom. The molecule has 2 aromatic carbocycles. The largest absolute Gasteiger partial charge is 0.366 e. The van der Waals surface area contributed by atoms with Crippen LogP contribution in [-0.2, 0) is 10.0 Å². The first-order valence-corrected chi connectivity index (χ1v) is 11.3. The molecular weight excluding hydrogens is 418 g/mol. The smallest absolute Gasteiger partial charge is 0.270 e. The lowest BCUT2D eigenvalue weighted by atomic mass is 10.2. The summed E-state index contributed by atoms with van der Waals surface area (Å²) in [6, 6.07) is 15.0. The Kier molecular flexibility index (Phi) is 5.50. The minimum atomic E-state index is -3.80. The zero-order valence-corrected chi connectivity index (χ0v) is 18.1. The molecule has 0 unspecified atom stereocenters. The number of para-hydroxylation sites is 1. The Hall–Kier alpha value is -3.24. The van der Waals surface area contributed by atoms with Crippen molar-refractivity contribution in [2.75, 3.05) is 31.1 Å². The fraction of sp³-hybridized carbons (Fsp3) is 0.286. The maximum Gasteiger partial charge on any atom is 0.270 e. The van der Waals surface area contributed by atoms with Gasteiger partial charge in [0, 0.05) is 38.3 Å². The van der Waals surface area contributed by atoms with Crippen molar-refractivity contribution >= 4 is 21.4 Å². The van der Waals surface area contributed by atoms with Crippen molar-refractivity contribution in [3.8, 4) is 5.69 Å². The molecule has 1 aliphatic heterocycles. The molecular formula is C21H23N5O4S. The van der Waals surface area contributed by atoms with E-state index >= 15 is 0 Å².